The van der Waals surface area contributed by atoms with Crippen LogP contribution in [0.2, 0.25) is 0 Å². The number of benzene rings is 2. The molecule has 6 heteroatoms. The predicted octanol–water partition coefficient (Wildman–Crippen LogP) is 7.72. The largest absolute Gasteiger partial charge is 0.345 e. The zero-order valence-corrected chi connectivity index (χ0v) is 25.2. The van der Waals surface area contributed by atoms with Gasteiger partial charge in [-0.15, -0.1) is 31.6 Å². The van der Waals surface area contributed by atoms with Crippen LogP contribution in [0.4, 0.5) is 5.69 Å². The van der Waals surface area contributed by atoms with Crippen LogP contribution in [0.1, 0.15) is 53.0 Å². The number of thiol groups is 2. The lowest BCUT2D eigenvalue weighted by atomic mass is 9.93. The van der Waals surface area contributed by atoms with Crippen LogP contribution >= 0.6 is 25.3 Å². The number of ether oxygens (including phenoxy) is 2. The Kier molecular flexibility index (Phi) is 15.2. The molecular weight excluding hydrogens is 510 g/mol. The summed E-state index contributed by atoms with van der Waals surface area (Å²) in [4.78, 5) is 13.9. The summed E-state index contributed by atoms with van der Waals surface area (Å²) in [6, 6.07) is 18.0. The number of allylic oxidation sites excluding steroid dienone is 3. The van der Waals surface area contributed by atoms with Crippen LogP contribution in [0, 0.1) is 17.8 Å². The first-order valence-electron chi connectivity index (χ1n) is 12.8. The molecule has 1 unspecified atom stereocenters. The lowest BCUT2D eigenvalue weighted by molar-refractivity contribution is -0.294. The minimum atomic E-state index is -0.708. The van der Waals surface area contributed by atoms with Gasteiger partial charge in [0.25, 0.3) is 0 Å². The van der Waals surface area contributed by atoms with Gasteiger partial charge in [0.15, 0.2) is 0 Å². The van der Waals surface area contributed by atoms with Gasteiger partial charge in [-0.1, -0.05) is 62.4 Å². The highest BCUT2D eigenvalue weighted by atomic mass is 32.1. The van der Waals surface area contributed by atoms with Crippen molar-refractivity contribution >= 4 is 36.9 Å². The van der Waals surface area contributed by atoms with E-state index in [4.69, 9.17) is 15.9 Å². The van der Waals surface area contributed by atoms with E-state index in [1.807, 2.05) is 85.5 Å². The summed E-state index contributed by atoms with van der Waals surface area (Å²) in [7, 11) is 0. The van der Waals surface area contributed by atoms with Crippen molar-refractivity contribution < 1.29 is 14.3 Å². The predicted molar refractivity (Wildman–Crippen MR) is 167 cm³/mol. The molecule has 4 nitrogen and oxygen atoms in total. The Hall–Kier alpha value is -2.43. The number of nitrogens with zero attached hydrogens (tertiary/aromatic N) is 1. The molecule has 2 heterocycles. The number of β-lactam (4-membered cyclic amide) rings is 1. The van der Waals surface area contributed by atoms with Crippen molar-refractivity contribution in [2.45, 2.75) is 64.2 Å². The van der Waals surface area contributed by atoms with Crippen molar-refractivity contribution in [2.75, 3.05) is 23.9 Å². The smallest absolute Gasteiger partial charge is 0.229 e. The van der Waals surface area contributed by atoms with Crippen molar-refractivity contribution in [2.24, 2.45) is 5.41 Å². The second kappa shape index (κ2) is 17.2. The van der Waals surface area contributed by atoms with Crippen LogP contribution in [-0.2, 0) is 20.1 Å². The minimum Gasteiger partial charge on any atom is -0.345 e. The molecule has 2 fully saturated rings. The van der Waals surface area contributed by atoms with Gasteiger partial charge in [-0.25, -0.2) is 0 Å². The fraction of sp³-hybridized carbons (Fsp3) is 0.406. The van der Waals surface area contributed by atoms with Crippen LogP contribution in [0.15, 0.2) is 84.3 Å². The minimum absolute atomic E-state index is 0.0654. The Balaban J connectivity index is 0.000000298. The molecule has 206 valence electrons. The van der Waals surface area contributed by atoms with Gasteiger partial charge in [-0.2, -0.15) is 12.6 Å². The molecule has 4 rings (SSSR count). The number of carbonyl (C=O) groups is 1. The fourth-order valence-electron chi connectivity index (χ4n) is 3.52. The summed E-state index contributed by atoms with van der Waals surface area (Å²) in [5, 5.41) is 0. The van der Waals surface area contributed by atoms with Gasteiger partial charge in [0.2, 0.25) is 11.7 Å². The number of hydrogen-bond acceptors (Lipinski definition) is 5. The molecule has 2 aliphatic rings. The number of carbonyl (C=O) groups excluding carboxylic acids is 1. The topological polar surface area (TPSA) is 38.8 Å². The maximum absolute atomic E-state index is 11.2. The number of amides is 1. The van der Waals surface area contributed by atoms with Crippen molar-refractivity contribution in [3.05, 3.63) is 85.0 Å². The second-order valence-corrected chi connectivity index (χ2v) is 10.6. The molecule has 0 aliphatic carbocycles. The van der Waals surface area contributed by atoms with E-state index in [0.717, 1.165) is 22.6 Å². The van der Waals surface area contributed by atoms with Crippen LogP contribution in [0.3, 0.4) is 0 Å². The summed E-state index contributed by atoms with van der Waals surface area (Å²) in [6.45, 7) is 14.9. The van der Waals surface area contributed by atoms with Gasteiger partial charge >= 0.3 is 0 Å². The average Bonchev–Trinajstić information content (AvgIpc) is 2.90. The van der Waals surface area contributed by atoms with Gasteiger partial charge < -0.3 is 14.4 Å². The third-order valence-corrected chi connectivity index (χ3v) is 6.31. The summed E-state index contributed by atoms with van der Waals surface area (Å²) in [6.07, 6.45) is 12.0. The maximum Gasteiger partial charge on any atom is 0.229 e. The number of rotatable bonds is 4. The van der Waals surface area contributed by atoms with E-state index in [-0.39, 0.29) is 11.3 Å². The van der Waals surface area contributed by atoms with Crippen LogP contribution in [0.25, 0.3) is 0 Å². The first kappa shape index (κ1) is 33.6. The van der Waals surface area contributed by atoms with E-state index >= 15 is 0 Å². The van der Waals surface area contributed by atoms with Gasteiger partial charge in [-0.3, -0.25) is 4.79 Å². The van der Waals surface area contributed by atoms with E-state index in [0.29, 0.717) is 31.4 Å². The highest BCUT2D eigenvalue weighted by molar-refractivity contribution is 7.80. The monoisotopic (exact) mass is 553 g/mol. The first-order valence-corrected chi connectivity index (χ1v) is 13.8. The maximum atomic E-state index is 11.2. The second-order valence-electron chi connectivity index (χ2n) is 9.74. The SMILES string of the molecule is C#CC/C=C\C.C=CC.CC1(C)COC(CS)(c2ccc(S)cc2)OC1.CC1CC(=O)N1c1ccccc1. The molecule has 38 heavy (non-hydrogen) atoms. The molecule has 1 amide bonds. The first-order chi connectivity index (χ1) is 18.1. The Labute approximate surface area is 241 Å². The van der Waals surface area contributed by atoms with Crippen molar-refractivity contribution in [1.82, 2.24) is 0 Å². The molecule has 1 atom stereocenters. The standard InChI is InChI=1S/C13H18O2S2.C10H11NO.C6H8.C3H6/c1-12(2)7-14-13(9-16,15-8-12)10-3-5-11(17)6-4-10;1-8-7-10(12)11(8)9-5-3-2-4-6-9;1-3-5-6-4-2;1-3-2/h3-6,16-17H,7-9H2,1-2H3;2-6,8H,7H2,1H3;1,4,6H,5H2,2H3;3H,1H2,2H3/b;;6-4-;. The lowest BCUT2D eigenvalue weighted by Crippen LogP contribution is -2.51. The quantitative estimate of drug-likeness (QED) is 0.176. The van der Waals surface area contributed by atoms with Gasteiger partial charge in [0.1, 0.15) is 0 Å². The Bertz CT molecular complexity index is 1030. The van der Waals surface area contributed by atoms with E-state index < -0.39 is 5.79 Å². The lowest BCUT2D eigenvalue weighted by Gasteiger charge is -2.43. The number of para-hydroxylation sites is 1. The van der Waals surface area contributed by atoms with Crippen molar-refractivity contribution in [3.8, 4) is 12.3 Å². The molecule has 0 bridgehead atoms. The zero-order valence-electron chi connectivity index (χ0n) is 23.4. The molecule has 0 radical (unpaired) electrons. The highest BCUT2D eigenvalue weighted by Crippen LogP contribution is 2.37. The summed E-state index contributed by atoms with van der Waals surface area (Å²) >= 11 is 8.65. The van der Waals surface area contributed by atoms with E-state index in [1.165, 1.54) is 0 Å². The normalized spacial score (nSPS) is 18.7. The molecular formula is C32H43NO3S2. The van der Waals surface area contributed by atoms with Crippen LogP contribution in [-0.4, -0.2) is 30.9 Å². The van der Waals surface area contributed by atoms with E-state index in [1.54, 1.807) is 6.08 Å². The van der Waals surface area contributed by atoms with E-state index in [9.17, 15) is 4.79 Å². The molecule has 2 aromatic carbocycles. The third-order valence-electron chi connectivity index (χ3n) is 5.59. The molecule has 0 spiro atoms. The van der Waals surface area contributed by atoms with Crippen LogP contribution in [0.5, 0.6) is 0 Å². The molecule has 0 aromatic heterocycles. The van der Waals surface area contributed by atoms with Gasteiger partial charge in [0.05, 0.1) is 13.2 Å². The Morgan fingerprint density at radius 1 is 1.11 bits per heavy atom. The summed E-state index contributed by atoms with van der Waals surface area (Å²) < 4.78 is 11.9. The Morgan fingerprint density at radius 2 is 1.66 bits per heavy atom. The third kappa shape index (κ3) is 10.7. The Morgan fingerprint density at radius 3 is 2.05 bits per heavy atom. The molecule has 2 aliphatic heterocycles. The number of hydrogen-bond donors (Lipinski definition) is 2. The molecule has 2 aromatic rings. The molecule has 0 N–H and O–H groups in total. The molecule has 2 saturated heterocycles. The average molecular weight is 554 g/mol. The van der Waals surface area contributed by atoms with Gasteiger partial charge in [0, 0.05) is 46.2 Å². The van der Waals surface area contributed by atoms with Gasteiger partial charge in [-0.05, 0) is 45.0 Å². The van der Waals surface area contributed by atoms with E-state index in [2.05, 4.69) is 58.5 Å². The van der Waals surface area contributed by atoms with Crippen LogP contribution < -0.4 is 4.90 Å². The zero-order chi connectivity index (χ0) is 28.6. The highest BCUT2D eigenvalue weighted by Gasteiger charge is 2.41. The summed E-state index contributed by atoms with van der Waals surface area (Å²) in [5.74, 6) is 2.51. The fourth-order valence-corrected chi connectivity index (χ4v) is 4.03. The van der Waals surface area contributed by atoms with Crippen molar-refractivity contribution in [1.29, 1.82) is 0 Å². The number of anilines is 1. The number of terminal acetylenes is 1. The summed E-state index contributed by atoms with van der Waals surface area (Å²) in [5.41, 5.74) is 2.08. The molecule has 0 saturated carbocycles. The van der Waals surface area contributed by atoms with Crippen molar-refractivity contribution in [3.63, 3.8) is 0 Å².